The van der Waals surface area contributed by atoms with Crippen LogP contribution in [0.2, 0.25) is 0 Å². The fraction of sp³-hybridized carbons (Fsp3) is 0.659. The van der Waals surface area contributed by atoms with E-state index in [1.54, 1.807) is 13.8 Å². The molecular weight excluding hydrogens is 899 g/mol. The highest BCUT2D eigenvalue weighted by Gasteiger charge is 2.36. The quantitative estimate of drug-likeness (QED) is 0.0310. The summed E-state index contributed by atoms with van der Waals surface area (Å²) < 4.78 is 0. The zero-order valence-corrected chi connectivity index (χ0v) is 40.0. The van der Waals surface area contributed by atoms with Crippen molar-refractivity contribution in [1.29, 1.82) is 0 Å². The number of hydrogen-bond acceptors (Lipinski definition) is 12. The van der Waals surface area contributed by atoms with E-state index >= 15 is 0 Å². The van der Waals surface area contributed by atoms with Gasteiger partial charge in [0.15, 0.2) is 23.8 Å². The molecule has 1 aliphatic rings. The molecule has 1 fully saturated rings. The molecule has 2 heterocycles. The van der Waals surface area contributed by atoms with Crippen molar-refractivity contribution in [2.75, 3.05) is 26.2 Å². The molecule has 1 aromatic rings. The molecular formula is C41H75N21O7. The van der Waals surface area contributed by atoms with Gasteiger partial charge in [0.05, 0.1) is 6.33 Å². The van der Waals surface area contributed by atoms with Crippen molar-refractivity contribution >= 4 is 65.2 Å². The number of carbonyl (C=O) groups excluding carboxylic acids is 7. The first kappa shape index (κ1) is 57.7. The van der Waals surface area contributed by atoms with Gasteiger partial charge in [0.25, 0.3) is 0 Å². The maximum absolute atomic E-state index is 14.4. The molecule has 0 aliphatic carbocycles. The zero-order chi connectivity index (χ0) is 51.6. The molecule has 7 atom stereocenters. The summed E-state index contributed by atoms with van der Waals surface area (Å²) in [6, 6.07) is -9.15. The Morgan fingerprint density at radius 2 is 0.797 bits per heavy atom. The van der Waals surface area contributed by atoms with Gasteiger partial charge in [0.2, 0.25) is 41.4 Å². The van der Waals surface area contributed by atoms with E-state index in [1.807, 2.05) is 13.8 Å². The van der Waals surface area contributed by atoms with E-state index in [4.69, 9.17) is 45.9 Å². The van der Waals surface area contributed by atoms with Gasteiger partial charge in [-0.2, -0.15) is 0 Å². The highest BCUT2D eigenvalue weighted by atomic mass is 16.2. The lowest BCUT2D eigenvalue weighted by Crippen LogP contribution is -2.60. The van der Waals surface area contributed by atoms with Gasteiger partial charge < -0.3 is 88.1 Å². The molecule has 2 rings (SSSR count). The minimum atomic E-state index is -1.40. The van der Waals surface area contributed by atoms with Crippen LogP contribution in [0, 0.1) is 11.8 Å². The zero-order valence-electron chi connectivity index (χ0n) is 40.0. The van der Waals surface area contributed by atoms with Crippen LogP contribution in [-0.4, -0.2) is 144 Å². The van der Waals surface area contributed by atoms with Crippen LogP contribution in [0.5, 0.6) is 0 Å². The van der Waals surface area contributed by atoms with Gasteiger partial charge in [-0.1, -0.05) is 27.7 Å². The molecule has 7 unspecified atom stereocenters. The van der Waals surface area contributed by atoms with E-state index < -0.39 is 89.6 Å². The Labute approximate surface area is 401 Å². The number of aliphatic imine (C=N–C) groups is 4. The number of nitrogens with two attached hydrogens (primary N) is 8. The summed E-state index contributed by atoms with van der Waals surface area (Å²) in [6.45, 7) is 7.31. The lowest BCUT2D eigenvalue weighted by Gasteiger charge is -2.29. The van der Waals surface area contributed by atoms with E-state index in [2.05, 4.69) is 67.2 Å². The first-order valence-corrected chi connectivity index (χ1v) is 22.9. The van der Waals surface area contributed by atoms with Crippen molar-refractivity contribution in [3.8, 4) is 0 Å². The van der Waals surface area contributed by atoms with Crippen LogP contribution in [0.1, 0.15) is 91.2 Å². The standard InChI is InChI=1S/C41H75N21O7/c1-21(2)17-28-35(67)58-24(9-5-13-51-38(42)43)31(63)56-26(11-7-15-53-40(46)47)33(65)60-29(18-23-19-50-20-55-23)36(68)59-25(10-6-14-52-39(44)45)32(64)57-27(12-8-16-54-41(48)49)34(66)62-30(22(3)4)37(69)61-28/h19-22,24-30H,5-18H2,1-4H3,(H,50,55)(H,56,63)(H,57,64)(H,58,67)(H,59,68)(H,60,65)(H,61,69)(H,62,66)(H4,42,43,51)(H4,44,45,52)(H4,46,47,53)(H4,48,49,54). The minimum absolute atomic E-state index is 0.0231. The van der Waals surface area contributed by atoms with Crippen molar-refractivity contribution in [2.24, 2.45) is 77.7 Å². The second-order valence-corrected chi connectivity index (χ2v) is 17.3. The van der Waals surface area contributed by atoms with Crippen LogP contribution >= 0.6 is 0 Å². The Hall–Kier alpha value is -7.42. The van der Waals surface area contributed by atoms with Crippen LogP contribution in [0.4, 0.5) is 0 Å². The number of guanidine groups is 4. The fourth-order valence-electron chi connectivity index (χ4n) is 7.03. The average molecular weight is 974 g/mol. The summed E-state index contributed by atoms with van der Waals surface area (Å²) >= 11 is 0. The summed E-state index contributed by atoms with van der Waals surface area (Å²) in [6.07, 6.45) is 3.34. The Bertz CT molecular complexity index is 1960. The molecule has 1 aromatic heterocycles. The molecule has 28 nitrogen and oxygen atoms in total. The minimum Gasteiger partial charge on any atom is -0.370 e. The number of amides is 7. The van der Waals surface area contributed by atoms with Gasteiger partial charge in [-0.25, -0.2) is 4.98 Å². The number of H-pyrrole nitrogens is 1. The molecule has 24 N–H and O–H groups in total. The molecule has 386 valence electrons. The van der Waals surface area contributed by atoms with Crippen LogP contribution in [0.15, 0.2) is 32.5 Å². The van der Waals surface area contributed by atoms with Gasteiger partial charge in [-0.3, -0.25) is 53.5 Å². The Morgan fingerprint density at radius 3 is 1.12 bits per heavy atom. The summed E-state index contributed by atoms with van der Waals surface area (Å²) in [4.78, 5) is 123. The molecule has 1 saturated heterocycles. The molecule has 7 amide bonds. The van der Waals surface area contributed by atoms with Crippen LogP contribution < -0.4 is 83.1 Å². The van der Waals surface area contributed by atoms with Gasteiger partial charge in [0, 0.05) is 44.5 Å². The van der Waals surface area contributed by atoms with Crippen LogP contribution in [-0.2, 0) is 40.0 Å². The Balaban J connectivity index is 2.85. The predicted molar refractivity (Wildman–Crippen MR) is 260 cm³/mol. The molecule has 69 heavy (non-hydrogen) atoms. The van der Waals surface area contributed by atoms with E-state index in [9.17, 15) is 33.6 Å². The summed E-state index contributed by atoms with van der Waals surface area (Å²) in [7, 11) is 0. The lowest BCUT2D eigenvalue weighted by atomic mass is 9.98. The highest BCUT2D eigenvalue weighted by molar-refractivity contribution is 5.98. The van der Waals surface area contributed by atoms with E-state index in [1.165, 1.54) is 12.5 Å². The van der Waals surface area contributed by atoms with Gasteiger partial charge in [-0.05, 0) is 69.6 Å². The first-order chi connectivity index (χ1) is 32.6. The van der Waals surface area contributed by atoms with Gasteiger partial charge >= 0.3 is 0 Å². The summed E-state index contributed by atoms with van der Waals surface area (Å²) in [5.41, 5.74) is 44.7. The van der Waals surface area contributed by atoms with Gasteiger partial charge in [0.1, 0.15) is 42.3 Å². The summed E-state index contributed by atoms with van der Waals surface area (Å²) in [5.74, 6) is -6.96. The maximum Gasteiger partial charge on any atom is 0.243 e. The molecule has 0 saturated carbocycles. The van der Waals surface area contributed by atoms with E-state index in [0.717, 1.165) is 0 Å². The monoisotopic (exact) mass is 974 g/mol. The van der Waals surface area contributed by atoms with E-state index in [-0.39, 0.29) is 120 Å². The average Bonchev–Trinajstić information content (AvgIpc) is 3.78. The smallest absolute Gasteiger partial charge is 0.243 e. The SMILES string of the molecule is CC(C)CC1NC(=O)C(C(C)C)NC(=O)C(CCCN=C(N)N)NC(=O)C(CCCN=C(N)N)NC(=O)C(Cc2cnc[nH]2)NC(=O)C(CCCN=C(N)N)NC(=O)C(CCCN=C(N)N)NC1=O. The number of aromatic amines is 1. The molecule has 0 aromatic carbocycles. The third kappa shape index (κ3) is 22.8. The summed E-state index contributed by atoms with van der Waals surface area (Å²) in [5, 5.41) is 19.1. The molecule has 0 bridgehead atoms. The van der Waals surface area contributed by atoms with Crippen molar-refractivity contribution in [3.05, 3.63) is 18.2 Å². The number of aromatic nitrogens is 2. The number of nitrogens with zero attached hydrogens (tertiary/aromatic N) is 5. The highest BCUT2D eigenvalue weighted by Crippen LogP contribution is 2.13. The second kappa shape index (κ2) is 30.1. The largest absolute Gasteiger partial charge is 0.370 e. The van der Waals surface area contributed by atoms with Crippen LogP contribution in [0.3, 0.4) is 0 Å². The Kier molecular flexibility index (Phi) is 25.1. The Morgan fingerprint density at radius 1 is 0.478 bits per heavy atom. The van der Waals surface area contributed by atoms with Crippen molar-refractivity contribution in [1.82, 2.24) is 47.2 Å². The molecule has 0 spiro atoms. The van der Waals surface area contributed by atoms with Gasteiger partial charge in [-0.15, -0.1) is 0 Å². The number of hydrogen-bond donors (Lipinski definition) is 16. The third-order valence-electron chi connectivity index (χ3n) is 10.5. The van der Waals surface area contributed by atoms with Crippen molar-refractivity contribution in [3.63, 3.8) is 0 Å². The molecule has 1 aliphatic heterocycles. The number of rotatable bonds is 21. The van der Waals surface area contributed by atoms with E-state index in [0.29, 0.717) is 5.69 Å². The first-order valence-electron chi connectivity index (χ1n) is 22.9. The normalized spacial score (nSPS) is 22.3. The molecule has 28 heteroatoms. The van der Waals surface area contributed by atoms with Crippen molar-refractivity contribution < 1.29 is 33.6 Å². The lowest BCUT2D eigenvalue weighted by molar-refractivity contribution is -0.136. The number of carbonyl (C=O) groups is 7. The number of nitrogens with one attached hydrogen (secondary N) is 8. The third-order valence-corrected chi connectivity index (χ3v) is 10.5. The molecule has 0 radical (unpaired) electrons. The van der Waals surface area contributed by atoms with Crippen molar-refractivity contribution in [2.45, 2.75) is 134 Å². The predicted octanol–water partition coefficient (Wildman–Crippen LogP) is -5.72. The topological polar surface area (TPSA) is 490 Å². The fourth-order valence-corrected chi connectivity index (χ4v) is 7.03. The number of imidazole rings is 1. The maximum atomic E-state index is 14.4. The second-order valence-electron chi connectivity index (χ2n) is 17.3. The van der Waals surface area contributed by atoms with Crippen LogP contribution in [0.25, 0.3) is 0 Å².